The second-order valence-electron chi connectivity index (χ2n) is 2.27. The molecule has 1 heterocycles. The quantitative estimate of drug-likeness (QED) is 0.683. The van der Waals surface area contributed by atoms with E-state index < -0.39 is 5.97 Å². The van der Waals surface area contributed by atoms with E-state index in [0.29, 0.717) is 12.4 Å². The van der Waals surface area contributed by atoms with Gasteiger partial charge < -0.3 is 14.3 Å². The average Bonchev–Trinajstić information content (AvgIpc) is 2.30. The zero-order chi connectivity index (χ0) is 9.14. The molecule has 4 heteroatoms. The second kappa shape index (κ2) is 3.30. The van der Waals surface area contributed by atoms with Gasteiger partial charge in [-0.2, -0.15) is 0 Å². The predicted molar refractivity (Wildman–Crippen MR) is 41.1 cm³/mol. The number of aromatic hydroxyl groups is 1. The zero-order valence-corrected chi connectivity index (χ0v) is 6.96. The van der Waals surface area contributed by atoms with Crippen molar-refractivity contribution in [3.63, 3.8) is 0 Å². The van der Waals surface area contributed by atoms with Crippen LogP contribution in [0.2, 0.25) is 0 Å². The molecule has 1 rings (SSSR count). The number of carbonyl (C=O) groups excluding carboxylic acids is 1. The van der Waals surface area contributed by atoms with Crippen LogP contribution in [0.25, 0.3) is 0 Å². The monoisotopic (exact) mass is 170 g/mol. The fourth-order valence-electron chi connectivity index (χ4n) is 0.878. The van der Waals surface area contributed by atoms with Gasteiger partial charge >= 0.3 is 5.97 Å². The lowest BCUT2D eigenvalue weighted by molar-refractivity contribution is 0.0524. The molecule has 0 fully saturated rings. The van der Waals surface area contributed by atoms with E-state index >= 15 is 0 Å². The Labute approximate surface area is 69.8 Å². The molecule has 1 N–H and O–H groups in total. The summed E-state index contributed by atoms with van der Waals surface area (Å²) in [7, 11) is 0. The third-order valence-corrected chi connectivity index (χ3v) is 1.40. The summed E-state index contributed by atoms with van der Waals surface area (Å²) in [6.45, 7) is 3.61. The van der Waals surface area contributed by atoms with E-state index in [1.165, 1.54) is 6.07 Å². The Morgan fingerprint density at radius 1 is 1.75 bits per heavy atom. The van der Waals surface area contributed by atoms with Gasteiger partial charge in [0, 0.05) is 6.07 Å². The van der Waals surface area contributed by atoms with Crippen molar-refractivity contribution < 1.29 is 19.1 Å². The molecule has 0 saturated heterocycles. The minimum atomic E-state index is -0.473. The maximum absolute atomic E-state index is 11.1. The molecule has 4 nitrogen and oxygen atoms in total. The smallest absolute Gasteiger partial charge is 0.341 e. The van der Waals surface area contributed by atoms with E-state index in [9.17, 15) is 4.79 Å². The molecule has 0 bridgehead atoms. The van der Waals surface area contributed by atoms with Crippen molar-refractivity contribution in [2.75, 3.05) is 6.61 Å². The predicted octanol–water partition coefficient (Wildman–Crippen LogP) is 1.47. The van der Waals surface area contributed by atoms with Crippen molar-refractivity contribution >= 4 is 5.97 Å². The summed E-state index contributed by atoms with van der Waals surface area (Å²) >= 11 is 0. The minimum Gasteiger partial charge on any atom is -0.481 e. The number of hydrogen-bond donors (Lipinski definition) is 1. The molecular formula is C8H10O4. The third-order valence-electron chi connectivity index (χ3n) is 1.40. The molecule has 0 unspecified atom stereocenters. The molecule has 0 atom stereocenters. The molecule has 0 aromatic carbocycles. The normalized spacial score (nSPS) is 9.83. The van der Waals surface area contributed by atoms with Crippen molar-refractivity contribution in [1.82, 2.24) is 0 Å². The van der Waals surface area contributed by atoms with Crippen LogP contribution >= 0.6 is 0 Å². The van der Waals surface area contributed by atoms with Crippen LogP contribution < -0.4 is 0 Å². The summed E-state index contributed by atoms with van der Waals surface area (Å²) in [6, 6.07) is 1.24. The van der Waals surface area contributed by atoms with Gasteiger partial charge in [0.05, 0.1) is 6.61 Å². The van der Waals surface area contributed by atoms with Crippen LogP contribution in [-0.2, 0) is 4.74 Å². The van der Waals surface area contributed by atoms with E-state index in [-0.39, 0.29) is 11.5 Å². The molecule has 0 spiro atoms. The Morgan fingerprint density at radius 3 is 2.83 bits per heavy atom. The van der Waals surface area contributed by atoms with Gasteiger partial charge in [-0.3, -0.25) is 0 Å². The number of hydrogen-bond acceptors (Lipinski definition) is 4. The zero-order valence-electron chi connectivity index (χ0n) is 6.96. The van der Waals surface area contributed by atoms with Gasteiger partial charge in [0.25, 0.3) is 5.95 Å². The van der Waals surface area contributed by atoms with E-state index in [0.717, 1.165) is 0 Å². The molecule has 0 radical (unpaired) electrons. The van der Waals surface area contributed by atoms with Crippen LogP contribution in [0.5, 0.6) is 5.95 Å². The Balaban J connectivity index is 2.87. The van der Waals surface area contributed by atoms with Crippen molar-refractivity contribution in [2.24, 2.45) is 0 Å². The van der Waals surface area contributed by atoms with Crippen LogP contribution in [0.15, 0.2) is 10.5 Å². The second-order valence-corrected chi connectivity index (χ2v) is 2.27. The van der Waals surface area contributed by atoms with Crippen LogP contribution in [0.3, 0.4) is 0 Å². The van der Waals surface area contributed by atoms with E-state index in [1.54, 1.807) is 13.8 Å². The summed E-state index contributed by atoms with van der Waals surface area (Å²) in [5, 5.41) is 8.88. The van der Waals surface area contributed by atoms with Crippen LogP contribution in [0, 0.1) is 6.92 Å². The maximum Gasteiger partial charge on any atom is 0.341 e. The SMILES string of the molecule is CCOC(=O)c1cc(O)oc1C. The lowest BCUT2D eigenvalue weighted by Gasteiger charge is -1.97. The number of furan rings is 1. The molecule has 66 valence electrons. The topological polar surface area (TPSA) is 59.7 Å². The molecule has 12 heavy (non-hydrogen) atoms. The lowest BCUT2D eigenvalue weighted by atomic mass is 10.3. The van der Waals surface area contributed by atoms with Gasteiger partial charge in [-0.25, -0.2) is 4.79 Å². The highest BCUT2D eigenvalue weighted by Gasteiger charge is 2.14. The first kappa shape index (κ1) is 8.64. The highest BCUT2D eigenvalue weighted by Crippen LogP contribution is 2.20. The van der Waals surface area contributed by atoms with Crippen molar-refractivity contribution in [3.8, 4) is 5.95 Å². The summed E-state index contributed by atoms with van der Waals surface area (Å²) in [5.41, 5.74) is 0.273. The fraction of sp³-hybridized carbons (Fsp3) is 0.375. The number of rotatable bonds is 2. The van der Waals surface area contributed by atoms with Gasteiger partial charge in [0.1, 0.15) is 11.3 Å². The largest absolute Gasteiger partial charge is 0.481 e. The van der Waals surface area contributed by atoms with Gasteiger partial charge in [-0.15, -0.1) is 0 Å². The number of esters is 1. The maximum atomic E-state index is 11.1. The first-order chi connectivity index (χ1) is 5.65. The standard InChI is InChI=1S/C8H10O4/c1-3-11-8(10)6-4-7(9)12-5(6)2/h4,9H,3H2,1-2H3. The van der Waals surface area contributed by atoms with Gasteiger partial charge in [0.2, 0.25) is 0 Å². The minimum absolute atomic E-state index is 0.268. The van der Waals surface area contributed by atoms with Crippen LogP contribution in [0.4, 0.5) is 0 Å². The molecule has 0 aliphatic rings. The van der Waals surface area contributed by atoms with Crippen molar-refractivity contribution in [1.29, 1.82) is 0 Å². The Kier molecular flexibility index (Phi) is 2.38. The van der Waals surface area contributed by atoms with Crippen molar-refractivity contribution in [3.05, 3.63) is 17.4 Å². The van der Waals surface area contributed by atoms with Gasteiger partial charge in [-0.05, 0) is 13.8 Å². The summed E-state index contributed by atoms with van der Waals surface area (Å²) in [6.07, 6.45) is 0. The van der Waals surface area contributed by atoms with E-state index in [2.05, 4.69) is 0 Å². The first-order valence-electron chi connectivity index (χ1n) is 3.61. The molecule has 0 saturated carbocycles. The molecular weight excluding hydrogens is 160 g/mol. The number of carbonyl (C=O) groups is 1. The highest BCUT2D eigenvalue weighted by atomic mass is 16.5. The van der Waals surface area contributed by atoms with Gasteiger partial charge in [-0.1, -0.05) is 0 Å². The third kappa shape index (κ3) is 1.58. The summed E-state index contributed by atoms with van der Waals surface area (Å²) in [5.74, 6) is -0.374. The van der Waals surface area contributed by atoms with Crippen LogP contribution in [-0.4, -0.2) is 17.7 Å². The van der Waals surface area contributed by atoms with Gasteiger partial charge in [0.15, 0.2) is 0 Å². The Morgan fingerprint density at radius 2 is 2.42 bits per heavy atom. The molecule has 1 aromatic rings. The Bertz CT molecular complexity index is 287. The molecule has 1 aromatic heterocycles. The first-order valence-corrected chi connectivity index (χ1v) is 3.61. The Hall–Kier alpha value is -1.45. The summed E-state index contributed by atoms with van der Waals surface area (Å²) < 4.78 is 9.45. The number of ether oxygens (including phenoxy) is 1. The van der Waals surface area contributed by atoms with Crippen molar-refractivity contribution in [2.45, 2.75) is 13.8 Å². The summed E-state index contributed by atoms with van der Waals surface area (Å²) in [4.78, 5) is 11.1. The molecule has 0 aliphatic carbocycles. The fourth-order valence-corrected chi connectivity index (χ4v) is 0.878. The van der Waals surface area contributed by atoms with E-state index in [4.69, 9.17) is 14.3 Å². The number of aryl methyl sites for hydroxylation is 1. The van der Waals surface area contributed by atoms with Crippen LogP contribution in [0.1, 0.15) is 23.0 Å². The highest BCUT2D eigenvalue weighted by molar-refractivity contribution is 5.90. The van der Waals surface area contributed by atoms with E-state index in [1.807, 2.05) is 0 Å². The lowest BCUT2D eigenvalue weighted by Crippen LogP contribution is -2.04. The average molecular weight is 170 g/mol. The molecule has 0 aliphatic heterocycles. The molecule has 0 amide bonds.